The van der Waals surface area contributed by atoms with Crippen LogP contribution in [0.5, 0.6) is 0 Å². The standard InChI is InChI=1S/C15H20BrFN2O/c16-11-3-4-13(17)10(6-11)7-14(18)15-8-19-5-1-2-12(19)9-20-15/h3-4,6,12,14-15H,1-2,5,7-9,18H2. The van der Waals surface area contributed by atoms with Crippen LogP contribution in [0.4, 0.5) is 4.39 Å². The van der Waals surface area contributed by atoms with E-state index in [0.29, 0.717) is 18.0 Å². The van der Waals surface area contributed by atoms with Crippen LogP contribution in [0.15, 0.2) is 22.7 Å². The molecule has 3 rings (SSSR count). The summed E-state index contributed by atoms with van der Waals surface area (Å²) in [6, 6.07) is 5.39. The second kappa shape index (κ2) is 6.10. The molecule has 3 nitrogen and oxygen atoms in total. The maximum atomic E-state index is 13.8. The van der Waals surface area contributed by atoms with E-state index in [1.165, 1.54) is 18.9 Å². The molecular weight excluding hydrogens is 323 g/mol. The zero-order valence-corrected chi connectivity index (χ0v) is 13.0. The largest absolute Gasteiger partial charge is 0.374 e. The van der Waals surface area contributed by atoms with Crippen LogP contribution in [0.2, 0.25) is 0 Å². The Labute approximate surface area is 127 Å². The van der Waals surface area contributed by atoms with Gasteiger partial charge in [0.15, 0.2) is 0 Å². The summed E-state index contributed by atoms with van der Waals surface area (Å²) in [7, 11) is 0. The second-order valence-electron chi connectivity index (χ2n) is 5.77. The van der Waals surface area contributed by atoms with Crippen molar-refractivity contribution < 1.29 is 9.13 Å². The minimum Gasteiger partial charge on any atom is -0.374 e. The number of benzene rings is 1. The van der Waals surface area contributed by atoms with Gasteiger partial charge in [0.05, 0.1) is 12.7 Å². The maximum Gasteiger partial charge on any atom is 0.126 e. The van der Waals surface area contributed by atoms with E-state index in [4.69, 9.17) is 10.5 Å². The number of morpholine rings is 1. The Morgan fingerprint density at radius 1 is 1.50 bits per heavy atom. The zero-order valence-electron chi connectivity index (χ0n) is 11.4. The summed E-state index contributed by atoms with van der Waals surface area (Å²) >= 11 is 3.37. The van der Waals surface area contributed by atoms with E-state index < -0.39 is 0 Å². The highest BCUT2D eigenvalue weighted by Crippen LogP contribution is 2.25. The molecule has 3 unspecified atom stereocenters. The van der Waals surface area contributed by atoms with Crippen LogP contribution in [0, 0.1) is 5.82 Å². The molecule has 2 saturated heterocycles. The molecule has 2 fully saturated rings. The third-order valence-corrected chi connectivity index (χ3v) is 4.85. The van der Waals surface area contributed by atoms with E-state index in [0.717, 1.165) is 24.2 Å². The molecule has 2 heterocycles. The van der Waals surface area contributed by atoms with Gasteiger partial charge < -0.3 is 10.5 Å². The highest BCUT2D eigenvalue weighted by molar-refractivity contribution is 9.10. The fourth-order valence-corrected chi connectivity index (χ4v) is 3.60. The van der Waals surface area contributed by atoms with Gasteiger partial charge in [-0.1, -0.05) is 15.9 Å². The normalized spacial score (nSPS) is 28.4. The molecule has 0 bridgehead atoms. The van der Waals surface area contributed by atoms with Crippen LogP contribution >= 0.6 is 15.9 Å². The molecular formula is C15H20BrFN2O. The van der Waals surface area contributed by atoms with Crippen molar-refractivity contribution in [1.29, 1.82) is 0 Å². The molecule has 110 valence electrons. The number of fused-ring (bicyclic) bond motifs is 1. The Balaban J connectivity index is 1.64. The molecule has 1 aromatic rings. The third-order valence-electron chi connectivity index (χ3n) is 4.36. The summed E-state index contributed by atoms with van der Waals surface area (Å²) < 4.78 is 20.6. The van der Waals surface area contributed by atoms with E-state index in [1.807, 2.05) is 0 Å². The first-order valence-electron chi connectivity index (χ1n) is 7.18. The minimum absolute atomic E-state index is 0.00253. The molecule has 0 aromatic heterocycles. The minimum atomic E-state index is -0.196. The van der Waals surface area contributed by atoms with Gasteiger partial charge in [0.2, 0.25) is 0 Å². The Morgan fingerprint density at radius 3 is 3.20 bits per heavy atom. The Morgan fingerprint density at radius 2 is 2.35 bits per heavy atom. The average molecular weight is 343 g/mol. The predicted molar refractivity (Wildman–Crippen MR) is 80.1 cm³/mol. The lowest BCUT2D eigenvalue weighted by molar-refractivity contribution is -0.0590. The van der Waals surface area contributed by atoms with Gasteiger partial charge in [-0.2, -0.15) is 0 Å². The molecule has 2 aliphatic rings. The summed E-state index contributed by atoms with van der Waals surface area (Å²) in [4.78, 5) is 2.46. The van der Waals surface area contributed by atoms with Gasteiger partial charge in [0.25, 0.3) is 0 Å². The van der Waals surface area contributed by atoms with Crippen LogP contribution in [-0.2, 0) is 11.2 Å². The molecule has 1 aromatic carbocycles. The fourth-order valence-electron chi connectivity index (χ4n) is 3.19. The first-order valence-corrected chi connectivity index (χ1v) is 7.98. The Bertz CT molecular complexity index is 485. The third kappa shape index (κ3) is 3.06. The number of ether oxygens (including phenoxy) is 1. The van der Waals surface area contributed by atoms with Gasteiger partial charge in [-0.15, -0.1) is 0 Å². The first-order chi connectivity index (χ1) is 9.63. The van der Waals surface area contributed by atoms with Crippen LogP contribution in [0.3, 0.4) is 0 Å². The van der Waals surface area contributed by atoms with Gasteiger partial charge in [-0.3, -0.25) is 4.90 Å². The van der Waals surface area contributed by atoms with Crippen molar-refractivity contribution in [2.24, 2.45) is 5.73 Å². The monoisotopic (exact) mass is 342 g/mol. The van der Waals surface area contributed by atoms with Crippen molar-refractivity contribution in [3.63, 3.8) is 0 Å². The number of nitrogens with two attached hydrogens (primary N) is 1. The van der Waals surface area contributed by atoms with Gasteiger partial charge >= 0.3 is 0 Å². The van der Waals surface area contributed by atoms with E-state index >= 15 is 0 Å². The smallest absolute Gasteiger partial charge is 0.126 e. The molecule has 0 radical (unpaired) electrons. The SMILES string of the molecule is NC(Cc1cc(Br)ccc1F)C1CN2CCCC2CO1. The van der Waals surface area contributed by atoms with Crippen LogP contribution in [0.25, 0.3) is 0 Å². The van der Waals surface area contributed by atoms with Crippen molar-refractivity contribution >= 4 is 15.9 Å². The lowest BCUT2D eigenvalue weighted by Gasteiger charge is -2.37. The van der Waals surface area contributed by atoms with Gasteiger partial charge in [-0.25, -0.2) is 4.39 Å². The Kier molecular flexibility index (Phi) is 4.40. The van der Waals surface area contributed by atoms with Crippen molar-refractivity contribution in [3.8, 4) is 0 Å². The molecule has 0 aliphatic carbocycles. The van der Waals surface area contributed by atoms with Gasteiger partial charge in [-0.05, 0) is 49.6 Å². The summed E-state index contributed by atoms with van der Waals surface area (Å²) in [5, 5.41) is 0. The summed E-state index contributed by atoms with van der Waals surface area (Å²) in [6.07, 6.45) is 2.98. The lowest BCUT2D eigenvalue weighted by atomic mass is 10.00. The predicted octanol–water partition coefficient (Wildman–Crippen LogP) is 2.32. The van der Waals surface area contributed by atoms with Crippen molar-refractivity contribution in [2.75, 3.05) is 19.7 Å². The summed E-state index contributed by atoms with van der Waals surface area (Å²) in [6.45, 7) is 2.78. The van der Waals surface area contributed by atoms with Crippen LogP contribution in [0.1, 0.15) is 18.4 Å². The molecule has 2 N–H and O–H groups in total. The molecule has 5 heteroatoms. The highest BCUT2D eigenvalue weighted by Gasteiger charge is 2.34. The quantitative estimate of drug-likeness (QED) is 0.916. The summed E-state index contributed by atoms with van der Waals surface area (Å²) in [5.74, 6) is -0.196. The average Bonchev–Trinajstić information content (AvgIpc) is 2.90. The van der Waals surface area contributed by atoms with Gasteiger partial charge in [0, 0.05) is 23.1 Å². The summed E-state index contributed by atoms with van der Waals surface area (Å²) in [5.41, 5.74) is 6.90. The van der Waals surface area contributed by atoms with Crippen molar-refractivity contribution in [3.05, 3.63) is 34.1 Å². The molecule has 0 amide bonds. The van der Waals surface area contributed by atoms with E-state index in [1.54, 1.807) is 12.1 Å². The van der Waals surface area contributed by atoms with Crippen LogP contribution < -0.4 is 5.73 Å². The van der Waals surface area contributed by atoms with E-state index in [-0.39, 0.29) is 18.0 Å². The molecule has 0 spiro atoms. The molecule has 0 saturated carbocycles. The number of rotatable bonds is 3. The lowest BCUT2D eigenvalue weighted by Crippen LogP contribution is -2.53. The topological polar surface area (TPSA) is 38.5 Å². The number of hydrogen-bond acceptors (Lipinski definition) is 3. The first kappa shape index (κ1) is 14.4. The van der Waals surface area contributed by atoms with Gasteiger partial charge in [0.1, 0.15) is 5.82 Å². The highest BCUT2D eigenvalue weighted by atomic mass is 79.9. The Hall–Kier alpha value is -0.490. The number of hydrogen-bond donors (Lipinski definition) is 1. The van der Waals surface area contributed by atoms with Crippen molar-refractivity contribution in [2.45, 2.75) is 37.5 Å². The number of halogens is 2. The number of nitrogens with zero attached hydrogens (tertiary/aromatic N) is 1. The molecule has 2 aliphatic heterocycles. The van der Waals surface area contributed by atoms with Crippen molar-refractivity contribution in [1.82, 2.24) is 4.90 Å². The van der Waals surface area contributed by atoms with Crippen LogP contribution in [-0.4, -0.2) is 42.8 Å². The second-order valence-corrected chi connectivity index (χ2v) is 6.68. The molecule has 20 heavy (non-hydrogen) atoms. The molecule has 3 atom stereocenters. The van der Waals surface area contributed by atoms with E-state index in [2.05, 4.69) is 20.8 Å². The maximum absolute atomic E-state index is 13.8. The fraction of sp³-hybridized carbons (Fsp3) is 0.600. The van der Waals surface area contributed by atoms with E-state index in [9.17, 15) is 4.39 Å². The zero-order chi connectivity index (χ0) is 14.1.